The normalized spacial score (nSPS) is 11.7. The highest BCUT2D eigenvalue weighted by Crippen LogP contribution is 2.31. The van der Waals surface area contributed by atoms with Gasteiger partial charge < -0.3 is 5.73 Å². The summed E-state index contributed by atoms with van der Waals surface area (Å²) < 4.78 is 36.0. The minimum absolute atomic E-state index is 0.313. The highest BCUT2D eigenvalue weighted by atomic mass is 35.5. The van der Waals surface area contributed by atoms with Gasteiger partial charge in [-0.15, -0.1) is 0 Å². The van der Waals surface area contributed by atoms with E-state index in [1.165, 1.54) is 0 Å². The van der Waals surface area contributed by atoms with Crippen molar-refractivity contribution in [3.8, 4) is 0 Å². The lowest BCUT2D eigenvalue weighted by molar-refractivity contribution is -0.141. The Kier molecular flexibility index (Phi) is 2.10. The van der Waals surface area contributed by atoms with Crippen LogP contribution in [0.4, 0.5) is 19.0 Å². The van der Waals surface area contributed by atoms with Gasteiger partial charge in [-0.3, -0.25) is 0 Å². The number of anilines is 1. The second kappa shape index (κ2) is 2.78. The van der Waals surface area contributed by atoms with Crippen LogP contribution in [0.25, 0.3) is 0 Å². The summed E-state index contributed by atoms with van der Waals surface area (Å²) in [5.74, 6) is -0.313. The first-order valence-electron chi connectivity index (χ1n) is 2.76. The van der Waals surface area contributed by atoms with Crippen LogP contribution in [0.5, 0.6) is 0 Å². The van der Waals surface area contributed by atoms with Crippen LogP contribution in [-0.4, -0.2) is 9.97 Å². The highest BCUT2D eigenvalue weighted by molar-refractivity contribution is 6.30. The number of hydrogen-bond acceptors (Lipinski definition) is 3. The van der Waals surface area contributed by atoms with Gasteiger partial charge in [0.15, 0.2) is 10.8 Å². The van der Waals surface area contributed by atoms with Gasteiger partial charge >= 0.3 is 6.18 Å². The molecule has 0 saturated heterocycles. The molecule has 7 heteroatoms. The van der Waals surface area contributed by atoms with Gasteiger partial charge in [-0.25, -0.2) is 9.97 Å². The minimum atomic E-state index is -4.61. The van der Waals surface area contributed by atoms with Crippen molar-refractivity contribution in [2.24, 2.45) is 0 Å². The SMILES string of the molecule is Nc1cnc(Cl)c(C(F)(F)F)n1. The van der Waals surface area contributed by atoms with E-state index in [2.05, 4.69) is 9.97 Å². The molecule has 0 amide bonds. The average Bonchev–Trinajstić information content (AvgIpc) is 1.92. The number of halogens is 4. The smallest absolute Gasteiger partial charge is 0.382 e. The third kappa shape index (κ3) is 1.76. The summed E-state index contributed by atoms with van der Waals surface area (Å²) in [5.41, 5.74) is 3.73. The number of rotatable bonds is 0. The summed E-state index contributed by atoms with van der Waals surface area (Å²) in [6.45, 7) is 0. The Hall–Kier alpha value is -1.04. The fraction of sp³-hybridized carbons (Fsp3) is 0.200. The van der Waals surface area contributed by atoms with Gasteiger partial charge in [-0.2, -0.15) is 13.2 Å². The Labute approximate surface area is 70.4 Å². The molecule has 0 bridgehead atoms. The summed E-state index contributed by atoms with van der Waals surface area (Å²) >= 11 is 5.13. The molecule has 0 aromatic carbocycles. The molecule has 0 atom stereocenters. The summed E-state index contributed by atoms with van der Waals surface area (Å²) in [5, 5.41) is -0.698. The highest BCUT2D eigenvalue weighted by Gasteiger charge is 2.36. The Morgan fingerprint density at radius 2 is 2.00 bits per heavy atom. The molecule has 0 aliphatic rings. The molecule has 2 N–H and O–H groups in total. The molecular formula is C5H3ClF3N3. The predicted molar refractivity (Wildman–Crippen MR) is 36.5 cm³/mol. The van der Waals surface area contributed by atoms with Crippen molar-refractivity contribution in [3.63, 3.8) is 0 Å². The van der Waals surface area contributed by atoms with Gasteiger partial charge in [0.25, 0.3) is 0 Å². The van der Waals surface area contributed by atoms with Gasteiger partial charge in [0.1, 0.15) is 5.82 Å². The summed E-state index contributed by atoms with van der Waals surface area (Å²) in [4.78, 5) is 6.21. The number of aromatic nitrogens is 2. The van der Waals surface area contributed by atoms with Gasteiger partial charge in [-0.1, -0.05) is 11.6 Å². The van der Waals surface area contributed by atoms with E-state index >= 15 is 0 Å². The first-order valence-corrected chi connectivity index (χ1v) is 3.14. The standard InChI is InChI=1S/C5H3ClF3N3/c6-4-3(5(7,8)9)12-2(10)1-11-4/h1H,(H2,10,12). The predicted octanol–water partition coefficient (Wildman–Crippen LogP) is 1.73. The van der Waals surface area contributed by atoms with Gasteiger partial charge in [0, 0.05) is 0 Å². The third-order valence-corrected chi connectivity index (χ3v) is 1.29. The molecule has 1 aromatic rings. The van der Waals surface area contributed by atoms with E-state index in [-0.39, 0.29) is 5.82 Å². The van der Waals surface area contributed by atoms with Crippen LogP contribution in [0.1, 0.15) is 5.69 Å². The van der Waals surface area contributed by atoms with E-state index in [0.29, 0.717) is 0 Å². The van der Waals surface area contributed by atoms with Crippen LogP contribution in [-0.2, 0) is 6.18 Å². The van der Waals surface area contributed by atoms with Crippen molar-refractivity contribution in [1.29, 1.82) is 0 Å². The largest absolute Gasteiger partial charge is 0.436 e. The zero-order chi connectivity index (χ0) is 9.35. The molecule has 0 saturated carbocycles. The first-order chi connectivity index (χ1) is 5.41. The van der Waals surface area contributed by atoms with Gasteiger partial charge in [0.05, 0.1) is 6.20 Å². The van der Waals surface area contributed by atoms with E-state index < -0.39 is 17.0 Å². The molecular weight excluding hydrogens is 195 g/mol. The maximum atomic E-state index is 12.0. The van der Waals surface area contributed by atoms with E-state index in [0.717, 1.165) is 6.20 Å². The molecule has 1 rings (SSSR count). The minimum Gasteiger partial charge on any atom is -0.382 e. The Morgan fingerprint density at radius 3 is 2.42 bits per heavy atom. The first kappa shape index (κ1) is 9.05. The molecule has 1 aromatic heterocycles. The summed E-state index contributed by atoms with van der Waals surface area (Å²) in [6.07, 6.45) is -3.66. The molecule has 0 fully saturated rings. The molecule has 0 unspecified atom stereocenters. The van der Waals surface area contributed by atoms with Crippen LogP contribution in [0.2, 0.25) is 5.15 Å². The third-order valence-electron chi connectivity index (χ3n) is 1.01. The quantitative estimate of drug-likeness (QED) is 0.689. The van der Waals surface area contributed by atoms with E-state index in [4.69, 9.17) is 17.3 Å². The average molecular weight is 198 g/mol. The zero-order valence-electron chi connectivity index (χ0n) is 5.56. The van der Waals surface area contributed by atoms with Crippen LogP contribution in [0, 0.1) is 0 Å². The van der Waals surface area contributed by atoms with Crippen molar-refractivity contribution in [1.82, 2.24) is 9.97 Å². The lowest BCUT2D eigenvalue weighted by Crippen LogP contribution is -2.11. The second-order valence-electron chi connectivity index (χ2n) is 1.93. The monoisotopic (exact) mass is 197 g/mol. The topological polar surface area (TPSA) is 51.8 Å². The van der Waals surface area contributed by atoms with Gasteiger partial charge in [0.2, 0.25) is 0 Å². The molecule has 3 nitrogen and oxygen atoms in total. The van der Waals surface area contributed by atoms with Crippen molar-refractivity contribution in [2.45, 2.75) is 6.18 Å². The maximum Gasteiger partial charge on any atom is 0.436 e. The fourth-order valence-electron chi connectivity index (χ4n) is 0.568. The van der Waals surface area contributed by atoms with Crippen molar-refractivity contribution in [2.75, 3.05) is 5.73 Å². The zero-order valence-corrected chi connectivity index (χ0v) is 6.32. The number of nitrogens with two attached hydrogens (primary N) is 1. The van der Waals surface area contributed by atoms with E-state index in [9.17, 15) is 13.2 Å². The number of nitrogen functional groups attached to an aromatic ring is 1. The van der Waals surface area contributed by atoms with Crippen LogP contribution in [0.3, 0.4) is 0 Å². The molecule has 0 radical (unpaired) electrons. The maximum absolute atomic E-state index is 12.0. The van der Waals surface area contributed by atoms with Crippen molar-refractivity contribution < 1.29 is 13.2 Å². The fourth-order valence-corrected chi connectivity index (χ4v) is 0.767. The number of alkyl halides is 3. The molecule has 12 heavy (non-hydrogen) atoms. The second-order valence-corrected chi connectivity index (χ2v) is 2.29. The Bertz CT molecular complexity index is 298. The van der Waals surface area contributed by atoms with Crippen molar-refractivity contribution in [3.05, 3.63) is 17.0 Å². The van der Waals surface area contributed by atoms with Crippen molar-refractivity contribution >= 4 is 17.4 Å². The lowest BCUT2D eigenvalue weighted by Gasteiger charge is -2.06. The van der Waals surface area contributed by atoms with Crippen LogP contribution < -0.4 is 5.73 Å². The summed E-state index contributed by atoms with van der Waals surface area (Å²) in [6, 6.07) is 0. The van der Waals surface area contributed by atoms with Crippen LogP contribution in [0.15, 0.2) is 6.20 Å². The summed E-state index contributed by atoms with van der Waals surface area (Å²) in [7, 11) is 0. The Balaban J connectivity index is 3.23. The molecule has 0 aliphatic heterocycles. The number of nitrogens with zero attached hydrogens (tertiary/aromatic N) is 2. The van der Waals surface area contributed by atoms with Gasteiger partial charge in [-0.05, 0) is 0 Å². The number of hydrogen-bond donors (Lipinski definition) is 1. The molecule has 0 aliphatic carbocycles. The molecule has 0 spiro atoms. The lowest BCUT2D eigenvalue weighted by atomic mass is 10.4. The van der Waals surface area contributed by atoms with E-state index in [1.807, 2.05) is 0 Å². The molecule has 1 heterocycles. The Morgan fingerprint density at radius 1 is 1.42 bits per heavy atom. The van der Waals surface area contributed by atoms with Crippen LogP contribution >= 0.6 is 11.6 Å². The molecule has 66 valence electrons. The van der Waals surface area contributed by atoms with E-state index in [1.54, 1.807) is 0 Å².